The molecule has 0 amide bonds. The Morgan fingerprint density at radius 1 is 1.03 bits per heavy atom. The molecule has 0 radical (unpaired) electrons. The van der Waals surface area contributed by atoms with Crippen LogP contribution in [0.2, 0.25) is 21.3 Å². The van der Waals surface area contributed by atoms with Crippen molar-refractivity contribution in [3.63, 3.8) is 0 Å². The third kappa shape index (κ3) is 4.53. The van der Waals surface area contributed by atoms with Crippen molar-refractivity contribution in [1.29, 1.82) is 0 Å². The Kier molecular flexibility index (Phi) is 5.90. The van der Waals surface area contributed by atoms with Crippen LogP contribution in [0.4, 0.5) is 23.1 Å². The van der Waals surface area contributed by atoms with E-state index >= 15 is 0 Å². The van der Waals surface area contributed by atoms with Gasteiger partial charge in [0, 0.05) is 0 Å². The zero-order valence-electron chi connectivity index (χ0n) is 16.2. The van der Waals surface area contributed by atoms with Crippen LogP contribution in [0.1, 0.15) is 12.8 Å². The van der Waals surface area contributed by atoms with Gasteiger partial charge in [0.15, 0.2) is 0 Å². The van der Waals surface area contributed by atoms with E-state index in [4.69, 9.17) is 4.98 Å². The standard InChI is InChI=1S/C20H25N7Se2/c1-2-15(12-29-9-1)23-19-17-18(22-13-21-17)25-20(26-19)24-14-3-5-16(6-4-14)27-7-10-28-11-8-27/h3-6,13,15H,1-2,7-12H2,(H3,21,22,23,24,25,26)/t15-/m0/s1. The molecule has 7 nitrogen and oxygen atoms in total. The topological polar surface area (TPSA) is 81.8 Å². The molecule has 0 aliphatic carbocycles. The number of anilines is 4. The molecule has 0 saturated carbocycles. The molecule has 2 saturated heterocycles. The van der Waals surface area contributed by atoms with Gasteiger partial charge in [0.1, 0.15) is 0 Å². The third-order valence-corrected chi connectivity index (χ3v) is 9.81. The Morgan fingerprint density at radius 3 is 2.69 bits per heavy atom. The van der Waals surface area contributed by atoms with E-state index in [0.717, 1.165) is 46.9 Å². The van der Waals surface area contributed by atoms with E-state index in [1.807, 2.05) is 0 Å². The average molecular weight is 521 g/mol. The molecule has 2 aliphatic heterocycles. The zero-order valence-corrected chi connectivity index (χ0v) is 19.7. The minimum absolute atomic E-state index is 0.503. The van der Waals surface area contributed by atoms with E-state index in [1.54, 1.807) is 6.33 Å². The number of H-pyrrole nitrogens is 1. The minimum atomic E-state index is 0.503. The molecule has 0 unspecified atom stereocenters. The zero-order chi connectivity index (χ0) is 19.5. The Morgan fingerprint density at radius 2 is 1.90 bits per heavy atom. The molecule has 2 fully saturated rings. The van der Waals surface area contributed by atoms with Gasteiger partial charge in [-0.2, -0.15) is 0 Å². The maximum absolute atomic E-state index is 4.77. The molecule has 29 heavy (non-hydrogen) atoms. The van der Waals surface area contributed by atoms with Crippen LogP contribution in [0.25, 0.3) is 11.2 Å². The summed E-state index contributed by atoms with van der Waals surface area (Å²) in [7, 11) is 0. The van der Waals surface area contributed by atoms with Crippen molar-refractivity contribution >= 4 is 64.2 Å². The van der Waals surface area contributed by atoms with Crippen molar-refractivity contribution in [3.8, 4) is 0 Å². The van der Waals surface area contributed by atoms with Crippen LogP contribution in [-0.4, -0.2) is 69.0 Å². The van der Waals surface area contributed by atoms with Crippen molar-refractivity contribution in [2.24, 2.45) is 0 Å². The van der Waals surface area contributed by atoms with Crippen molar-refractivity contribution in [2.75, 3.05) is 28.6 Å². The quantitative estimate of drug-likeness (QED) is 0.446. The van der Waals surface area contributed by atoms with E-state index in [9.17, 15) is 0 Å². The number of nitrogens with one attached hydrogen (secondary N) is 3. The number of benzene rings is 1. The predicted octanol–water partition coefficient (Wildman–Crippen LogP) is 3.57. The van der Waals surface area contributed by atoms with Gasteiger partial charge in [-0.05, 0) is 0 Å². The average Bonchev–Trinajstić information content (AvgIpc) is 3.25. The molecule has 0 spiro atoms. The van der Waals surface area contributed by atoms with Gasteiger partial charge in [-0.3, -0.25) is 0 Å². The first kappa shape index (κ1) is 19.2. The van der Waals surface area contributed by atoms with Crippen LogP contribution >= 0.6 is 0 Å². The first-order valence-electron chi connectivity index (χ1n) is 10.1. The molecule has 0 bridgehead atoms. The van der Waals surface area contributed by atoms with Gasteiger partial charge < -0.3 is 0 Å². The molecular formula is C20H25N7Se2. The summed E-state index contributed by atoms with van der Waals surface area (Å²) >= 11 is 1.58. The Hall–Kier alpha value is -1.79. The molecule has 9 heteroatoms. The fourth-order valence-corrected chi connectivity index (χ4v) is 7.89. The first-order chi connectivity index (χ1) is 14.3. The molecule has 3 N–H and O–H groups in total. The summed E-state index contributed by atoms with van der Waals surface area (Å²) in [6.07, 6.45) is 4.21. The molecule has 3 aromatic rings. The molecular weight excluding hydrogens is 496 g/mol. The predicted molar refractivity (Wildman–Crippen MR) is 121 cm³/mol. The van der Waals surface area contributed by atoms with Crippen LogP contribution in [0.5, 0.6) is 0 Å². The Labute approximate surface area is 183 Å². The summed E-state index contributed by atoms with van der Waals surface area (Å²) in [5.41, 5.74) is 3.88. The molecule has 2 aromatic heterocycles. The Bertz CT molecular complexity index is 947. The van der Waals surface area contributed by atoms with Crippen molar-refractivity contribution < 1.29 is 0 Å². The summed E-state index contributed by atoms with van der Waals surface area (Å²) in [5.74, 6) is 1.44. The monoisotopic (exact) mass is 523 g/mol. The van der Waals surface area contributed by atoms with Gasteiger partial charge >= 0.3 is 184 Å². The third-order valence-electron chi connectivity index (χ3n) is 5.29. The molecule has 4 heterocycles. The fraction of sp³-hybridized carbons (Fsp3) is 0.450. The molecule has 1 aromatic carbocycles. The molecule has 5 rings (SSSR count). The number of aromatic nitrogens is 4. The fourth-order valence-electron chi connectivity index (χ4n) is 3.75. The summed E-state index contributed by atoms with van der Waals surface area (Å²) in [4.78, 5) is 19.4. The van der Waals surface area contributed by atoms with Gasteiger partial charge in [0.2, 0.25) is 0 Å². The second-order valence-corrected chi connectivity index (χ2v) is 12.3. The normalized spacial score (nSPS) is 20.0. The van der Waals surface area contributed by atoms with Gasteiger partial charge in [-0.15, -0.1) is 0 Å². The van der Waals surface area contributed by atoms with E-state index in [2.05, 4.69) is 54.8 Å². The van der Waals surface area contributed by atoms with Gasteiger partial charge in [0.05, 0.1) is 0 Å². The number of imidazole rings is 1. The second-order valence-electron chi connectivity index (χ2n) is 7.33. The van der Waals surface area contributed by atoms with Gasteiger partial charge in [-0.25, -0.2) is 0 Å². The van der Waals surface area contributed by atoms with E-state index in [1.165, 1.54) is 52.9 Å². The van der Waals surface area contributed by atoms with Crippen molar-refractivity contribution in [3.05, 3.63) is 30.6 Å². The summed E-state index contributed by atoms with van der Waals surface area (Å²) < 4.78 is 0. The SMILES string of the molecule is c1nc2nc(Nc3ccc(N4CC[Se]CC4)cc3)nc(N[C@H]3CCC[Se]C3)c2[nH]1. The number of nitrogens with zero attached hydrogens (tertiary/aromatic N) is 4. The molecule has 2 aliphatic rings. The number of hydrogen-bond donors (Lipinski definition) is 3. The molecule has 1 atom stereocenters. The number of hydrogen-bond acceptors (Lipinski definition) is 6. The van der Waals surface area contributed by atoms with Crippen LogP contribution < -0.4 is 15.5 Å². The number of aromatic amines is 1. The van der Waals surface area contributed by atoms with Crippen LogP contribution in [0.15, 0.2) is 30.6 Å². The van der Waals surface area contributed by atoms with Gasteiger partial charge in [0.25, 0.3) is 0 Å². The molecule has 152 valence electrons. The van der Waals surface area contributed by atoms with Crippen molar-refractivity contribution in [2.45, 2.75) is 40.2 Å². The van der Waals surface area contributed by atoms with E-state index < -0.39 is 0 Å². The summed E-state index contributed by atoms with van der Waals surface area (Å²) in [5, 5.41) is 12.4. The van der Waals surface area contributed by atoms with Gasteiger partial charge in [-0.1, -0.05) is 0 Å². The Balaban J connectivity index is 1.34. The van der Waals surface area contributed by atoms with Crippen molar-refractivity contribution in [1.82, 2.24) is 19.9 Å². The first-order valence-corrected chi connectivity index (χ1v) is 14.9. The van der Waals surface area contributed by atoms with Crippen LogP contribution in [0, 0.1) is 0 Å². The second kappa shape index (κ2) is 8.92. The van der Waals surface area contributed by atoms with Crippen LogP contribution in [-0.2, 0) is 0 Å². The summed E-state index contributed by atoms with van der Waals surface area (Å²) in [6.45, 7) is 2.37. The summed E-state index contributed by atoms with van der Waals surface area (Å²) in [6, 6.07) is 9.12. The van der Waals surface area contributed by atoms with E-state index in [-0.39, 0.29) is 0 Å². The van der Waals surface area contributed by atoms with E-state index in [0.29, 0.717) is 17.6 Å². The van der Waals surface area contributed by atoms with Crippen LogP contribution in [0.3, 0.4) is 0 Å². The maximum atomic E-state index is 4.77. The number of fused-ring (bicyclic) bond motifs is 1. The number of rotatable bonds is 5.